The maximum absolute atomic E-state index is 12.3. The minimum atomic E-state index is -1.86. The van der Waals surface area contributed by atoms with Gasteiger partial charge in [0.05, 0.1) is 6.61 Å². The molecule has 0 saturated heterocycles. The Morgan fingerprint density at radius 3 is 2.31 bits per heavy atom. The molecule has 0 aliphatic carbocycles. The number of carbonyl (C=O) groups is 1. The van der Waals surface area contributed by atoms with Crippen molar-refractivity contribution in [3.63, 3.8) is 0 Å². The molecule has 0 spiro atoms. The number of fused-ring (bicyclic) bond motifs is 1. The Hall–Kier alpha value is -2.83. The predicted molar refractivity (Wildman–Crippen MR) is 151 cm³/mol. The monoisotopic (exact) mass is 507 g/mol. The first-order chi connectivity index (χ1) is 16.7. The average Bonchev–Trinajstić information content (AvgIpc) is 3.12. The summed E-state index contributed by atoms with van der Waals surface area (Å²) in [5.41, 5.74) is 2.59. The van der Waals surface area contributed by atoms with Crippen molar-refractivity contribution in [1.29, 1.82) is 0 Å². The Morgan fingerprint density at radius 2 is 1.67 bits per heavy atom. The molecule has 0 saturated carbocycles. The molecular formula is C30H41NO4Si. The van der Waals surface area contributed by atoms with E-state index in [0.717, 1.165) is 27.9 Å². The van der Waals surface area contributed by atoms with Crippen molar-refractivity contribution in [2.45, 2.75) is 78.4 Å². The Balaban J connectivity index is 1.85. The molecule has 0 N–H and O–H groups in total. The van der Waals surface area contributed by atoms with Crippen LogP contribution in [0.25, 0.3) is 17.0 Å². The first-order valence-corrected chi connectivity index (χ1v) is 15.5. The van der Waals surface area contributed by atoms with Gasteiger partial charge in [0.1, 0.15) is 18.0 Å². The van der Waals surface area contributed by atoms with Gasteiger partial charge in [0.25, 0.3) is 0 Å². The molecule has 0 aliphatic heterocycles. The summed E-state index contributed by atoms with van der Waals surface area (Å²) < 4.78 is 20.2. The van der Waals surface area contributed by atoms with Gasteiger partial charge < -0.3 is 18.5 Å². The van der Waals surface area contributed by atoms with E-state index in [1.165, 1.54) is 6.08 Å². The first kappa shape index (κ1) is 27.7. The third kappa shape index (κ3) is 7.58. The molecule has 0 bridgehead atoms. The third-order valence-corrected chi connectivity index (χ3v) is 11.1. The third-order valence-electron chi connectivity index (χ3n) is 6.53. The van der Waals surface area contributed by atoms with E-state index in [9.17, 15) is 4.79 Å². The van der Waals surface area contributed by atoms with Crippen molar-refractivity contribution < 1.29 is 18.7 Å². The van der Waals surface area contributed by atoms with Gasteiger partial charge in [0.15, 0.2) is 8.32 Å². The molecule has 36 heavy (non-hydrogen) atoms. The quantitative estimate of drug-likeness (QED) is 0.170. The molecule has 0 amide bonds. The van der Waals surface area contributed by atoms with Crippen LogP contribution in [0.2, 0.25) is 18.1 Å². The van der Waals surface area contributed by atoms with Crippen LogP contribution in [0.4, 0.5) is 0 Å². The van der Waals surface area contributed by atoms with Gasteiger partial charge in [-0.05, 0) is 74.8 Å². The molecule has 6 heteroatoms. The lowest BCUT2D eigenvalue weighted by atomic mass is 10.2. The normalized spacial score (nSPS) is 12.9. The van der Waals surface area contributed by atoms with Gasteiger partial charge in [-0.15, -0.1) is 0 Å². The fourth-order valence-corrected chi connectivity index (χ4v) is 4.62. The highest BCUT2D eigenvalue weighted by Gasteiger charge is 2.36. The number of aromatic nitrogens is 1. The standard InChI is InChI=1S/C30H41NO4Si/c1-29(2,3)35-28(32)17-14-25-20-24-21-26(33-22-23-12-10-9-11-13-23)15-16-27(24)31(25)18-19-34-36(7,8)30(4,5)6/h9-17,20-21H,18-19,22H2,1-8H3/b17-14+. The highest BCUT2D eigenvalue weighted by Crippen LogP contribution is 2.36. The van der Waals surface area contributed by atoms with Gasteiger partial charge in [-0.1, -0.05) is 51.1 Å². The van der Waals surface area contributed by atoms with Gasteiger partial charge in [-0.25, -0.2) is 4.79 Å². The van der Waals surface area contributed by atoms with E-state index in [1.807, 2.05) is 57.2 Å². The minimum absolute atomic E-state index is 0.149. The molecule has 0 unspecified atom stereocenters. The maximum atomic E-state index is 12.3. The topological polar surface area (TPSA) is 49.7 Å². The Kier molecular flexibility index (Phi) is 8.52. The summed E-state index contributed by atoms with van der Waals surface area (Å²) in [4.78, 5) is 12.3. The predicted octanol–water partition coefficient (Wildman–Crippen LogP) is 7.60. The molecule has 0 atom stereocenters. The van der Waals surface area contributed by atoms with Gasteiger partial charge in [0.2, 0.25) is 0 Å². The van der Waals surface area contributed by atoms with Crippen LogP contribution >= 0.6 is 0 Å². The number of rotatable bonds is 9. The SMILES string of the molecule is CC(C)(C)OC(=O)/C=C/c1cc2cc(OCc3ccccc3)ccc2n1CCO[Si](C)(C)C(C)(C)C. The lowest BCUT2D eigenvalue weighted by molar-refractivity contribution is -0.148. The molecule has 1 heterocycles. The zero-order valence-electron chi connectivity index (χ0n) is 23.1. The molecule has 5 nitrogen and oxygen atoms in total. The van der Waals surface area contributed by atoms with E-state index in [1.54, 1.807) is 0 Å². The molecule has 2 aromatic carbocycles. The second kappa shape index (κ2) is 11.1. The van der Waals surface area contributed by atoms with E-state index in [2.05, 4.69) is 62.7 Å². The van der Waals surface area contributed by atoms with Crippen molar-refractivity contribution >= 4 is 31.3 Å². The fourth-order valence-electron chi connectivity index (χ4n) is 3.59. The molecule has 0 fully saturated rings. The molecule has 0 radical (unpaired) electrons. The lowest BCUT2D eigenvalue weighted by Crippen LogP contribution is -2.41. The van der Waals surface area contributed by atoms with Gasteiger partial charge in [0, 0.05) is 29.2 Å². The molecule has 194 valence electrons. The van der Waals surface area contributed by atoms with Crippen molar-refractivity contribution in [3.05, 3.63) is 71.9 Å². The van der Waals surface area contributed by atoms with Crippen molar-refractivity contribution in [1.82, 2.24) is 4.57 Å². The number of carbonyl (C=O) groups excluding carboxylic acids is 1. The number of esters is 1. The Bertz CT molecular complexity index is 1200. The van der Waals surface area contributed by atoms with Crippen LogP contribution in [0.15, 0.2) is 60.7 Å². The smallest absolute Gasteiger partial charge is 0.331 e. The summed E-state index contributed by atoms with van der Waals surface area (Å²) in [6, 6.07) is 18.3. The second-order valence-corrected chi connectivity index (χ2v) is 16.5. The molecular weight excluding hydrogens is 466 g/mol. The summed E-state index contributed by atoms with van der Waals surface area (Å²) in [7, 11) is -1.86. The van der Waals surface area contributed by atoms with Crippen LogP contribution in [0.1, 0.15) is 52.8 Å². The van der Waals surface area contributed by atoms with E-state index in [-0.39, 0.29) is 11.0 Å². The van der Waals surface area contributed by atoms with Crippen molar-refractivity contribution in [2.75, 3.05) is 6.61 Å². The summed E-state index contributed by atoms with van der Waals surface area (Å²) in [6.45, 7) is 18.7. The summed E-state index contributed by atoms with van der Waals surface area (Å²) in [6.07, 6.45) is 3.32. The summed E-state index contributed by atoms with van der Waals surface area (Å²) >= 11 is 0. The fraction of sp³-hybridized carbons (Fsp3) is 0.433. The van der Waals surface area contributed by atoms with E-state index in [0.29, 0.717) is 19.8 Å². The van der Waals surface area contributed by atoms with E-state index >= 15 is 0 Å². The highest BCUT2D eigenvalue weighted by molar-refractivity contribution is 6.74. The van der Waals surface area contributed by atoms with E-state index in [4.69, 9.17) is 13.9 Å². The second-order valence-electron chi connectivity index (χ2n) is 11.7. The Morgan fingerprint density at radius 1 is 0.972 bits per heavy atom. The van der Waals surface area contributed by atoms with Crippen LogP contribution in [-0.4, -0.2) is 31.1 Å². The zero-order valence-corrected chi connectivity index (χ0v) is 24.1. The number of benzene rings is 2. The summed E-state index contributed by atoms with van der Waals surface area (Å²) in [5, 5.41) is 1.20. The summed E-state index contributed by atoms with van der Waals surface area (Å²) in [5.74, 6) is 0.451. The molecule has 1 aromatic heterocycles. The van der Waals surface area contributed by atoms with Crippen LogP contribution in [0, 0.1) is 0 Å². The van der Waals surface area contributed by atoms with Gasteiger partial charge >= 0.3 is 5.97 Å². The number of nitrogens with zero attached hydrogens (tertiary/aromatic N) is 1. The maximum Gasteiger partial charge on any atom is 0.331 e. The number of ether oxygens (including phenoxy) is 2. The number of hydrogen-bond acceptors (Lipinski definition) is 4. The van der Waals surface area contributed by atoms with Crippen LogP contribution in [0.3, 0.4) is 0 Å². The van der Waals surface area contributed by atoms with Gasteiger partial charge in [-0.3, -0.25) is 0 Å². The minimum Gasteiger partial charge on any atom is -0.489 e. The largest absolute Gasteiger partial charge is 0.489 e. The lowest BCUT2D eigenvalue weighted by Gasteiger charge is -2.36. The zero-order chi connectivity index (χ0) is 26.6. The van der Waals surface area contributed by atoms with Crippen LogP contribution < -0.4 is 4.74 Å². The molecule has 3 rings (SSSR count). The van der Waals surface area contributed by atoms with Crippen molar-refractivity contribution in [3.8, 4) is 5.75 Å². The molecule has 3 aromatic rings. The highest BCUT2D eigenvalue weighted by atomic mass is 28.4. The van der Waals surface area contributed by atoms with Crippen molar-refractivity contribution in [2.24, 2.45) is 0 Å². The first-order valence-electron chi connectivity index (χ1n) is 12.6. The Labute approximate surface area is 217 Å². The van der Waals surface area contributed by atoms with Crippen LogP contribution in [0.5, 0.6) is 5.75 Å². The van der Waals surface area contributed by atoms with Crippen LogP contribution in [-0.2, 0) is 27.1 Å². The average molecular weight is 508 g/mol. The van der Waals surface area contributed by atoms with Gasteiger partial charge in [-0.2, -0.15) is 0 Å². The number of hydrogen-bond donors (Lipinski definition) is 0. The van der Waals surface area contributed by atoms with E-state index < -0.39 is 13.9 Å². The molecule has 0 aliphatic rings.